The third-order valence-corrected chi connectivity index (χ3v) is 5.11. The maximum absolute atomic E-state index is 12.6. The number of rotatable bonds is 3. The maximum atomic E-state index is 12.6. The smallest absolute Gasteiger partial charge is 0.291 e. The van der Waals surface area contributed by atoms with Crippen LogP contribution in [-0.2, 0) is 6.54 Å². The van der Waals surface area contributed by atoms with Crippen LogP contribution in [0.2, 0.25) is 0 Å². The van der Waals surface area contributed by atoms with Crippen molar-refractivity contribution in [1.82, 2.24) is 19.8 Å². The summed E-state index contributed by atoms with van der Waals surface area (Å²) in [5.41, 5.74) is 3.68. The molecule has 124 valence electrons. The van der Waals surface area contributed by atoms with E-state index in [2.05, 4.69) is 21.8 Å². The number of hydrogen-bond acceptors (Lipinski definition) is 6. The summed E-state index contributed by atoms with van der Waals surface area (Å²) in [6, 6.07) is 0. The van der Waals surface area contributed by atoms with Gasteiger partial charge in [-0.25, -0.2) is 9.97 Å². The van der Waals surface area contributed by atoms with E-state index in [1.54, 1.807) is 18.3 Å². The molecule has 1 aliphatic rings. The molecular formula is C16H22N4O2S. The van der Waals surface area contributed by atoms with Crippen molar-refractivity contribution in [2.24, 2.45) is 0 Å². The second kappa shape index (κ2) is 6.80. The van der Waals surface area contributed by atoms with Gasteiger partial charge >= 0.3 is 0 Å². The fraction of sp³-hybridized carbons (Fsp3) is 0.562. The SMILES string of the molecule is Cc1nc(C)c(C(=O)N2CCCN(Cc3scnc3C)CC2)o1. The van der Waals surface area contributed by atoms with Crippen molar-refractivity contribution in [3.63, 3.8) is 0 Å². The molecule has 1 fully saturated rings. The largest absolute Gasteiger partial charge is 0.436 e. The van der Waals surface area contributed by atoms with Gasteiger partial charge in [0.25, 0.3) is 5.91 Å². The molecule has 1 aliphatic heterocycles. The van der Waals surface area contributed by atoms with E-state index >= 15 is 0 Å². The zero-order chi connectivity index (χ0) is 16.4. The van der Waals surface area contributed by atoms with E-state index in [0.717, 1.165) is 44.8 Å². The number of carbonyl (C=O) groups excluding carboxylic acids is 1. The Labute approximate surface area is 140 Å². The first-order chi connectivity index (χ1) is 11.0. The molecule has 0 aromatic carbocycles. The van der Waals surface area contributed by atoms with Crippen molar-refractivity contribution in [2.45, 2.75) is 33.7 Å². The van der Waals surface area contributed by atoms with E-state index < -0.39 is 0 Å². The molecule has 0 aliphatic carbocycles. The number of aromatic nitrogens is 2. The number of hydrogen-bond donors (Lipinski definition) is 0. The molecule has 0 saturated carbocycles. The standard InChI is InChI=1S/C16H22N4O2S/c1-11-14(23-10-17-11)9-19-5-4-6-20(8-7-19)16(21)15-12(2)18-13(3)22-15/h10H,4-9H2,1-3H3. The molecule has 6 nitrogen and oxygen atoms in total. The molecule has 1 amide bonds. The Balaban J connectivity index is 1.63. The lowest BCUT2D eigenvalue weighted by atomic mass is 10.3. The number of aryl methyl sites for hydroxylation is 3. The first-order valence-corrected chi connectivity index (χ1v) is 8.77. The average Bonchev–Trinajstić information content (AvgIpc) is 2.96. The molecule has 0 spiro atoms. The molecule has 3 rings (SSSR count). The minimum Gasteiger partial charge on any atom is -0.436 e. The van der Waals surface area contributed by atoms with Gasteiger partial charge in [0, 0.05) is 44.5 Å². The molecule has 23 heavy (non-hydrogen) atoms. The second-order valence-corrected chi connectivity index (χ2v) is 6.87. The Bertz CT molecular complexity index is 694. The summed E-state index contributed by atoms with van der Waals surface area (Å²) >= 11 is 1.70. The number of carbonyl (C=O) groups is 1. The molecule has 0 radical (unpaired) electrons. The Morgan fingerprint density at radius 1 is 1.22 bits per heavy atom. The Kier molecular flexibility index (Phi) is 4.77. The lowest BCUT2D eigenvalue weighted by Crippen LogP contribution is -2.35. The summed E-state index contributed by atoms with van der Waals surface area (Å²) in [4.78, 5) is 26.7. The summed E-state index contributed by atoms with van der Waals surface area (Å²) < 4.78 is 5.48. The Morgan fingerprint density at radius 2 is 2.04 bits per heavy atom. The van der Waals surface area contributed by atoms with Crippen LogP contribution in [0.3, 0.4) is 0 Å². The van der Waals surface area contributed by atoms with Gasteiger partial charge < -0.3 is 9.32 Å². The molecule has 2 aromatic heterocycles. The molecule has 2 aromatic rings. The van der Waals surface area contributed by atoms with Crippen LogP contribution in [0.1, 0.15) is 39.1 Å². The van der Waals surface area contributed by atoms with Crippen molar-refractivity contribution in [3.05, 3.63) is 33.4 Å². The van der Waals surface area contributed by atoms with E-state index in [1.165, 1.54) is 4.88 Å². The van der Waals surface area contributed by atoms with E-state index in [9.17, 15) is 4.79 Å². The minimum absolute atomic E-state index is 0.0427. The number of amides is 1. The molecular weight excluding hydrogens is 312 g/mol. The van der Waals surface area contributed by atoms with E-state index in [0.29, 0.717) is 17.3 Å². The van der Waals surface area contributed by atoms with Crippen molar-refractivity contribution >= 4 is 17.2 Å². The van der Waals surface area contributed by atoms with Crippen LogP contribution in [0.15, 0.2) is 9.93 Å². The van der Waals surface area contributed by atoms with Gasteiger partial charge in [0.1, 0.15) is 0 Å². The van der Waals surface area contributed by atoms with Gasteiger partial charge in [0.15, 0.2) is 5.89 Å². The Morgan fingerprint density at radius 3 is 2.70 bits per heavy atom. The van der Waals surface area contributed by atoms with Gasteiger partial charge in [-0.15, -0.1) is 11.3 Å². The van der Waals surface area contributed by atoms with E-state index in [4.69, 9.17) is 4.42 Å². The zero-order valence-electron chi connectivity index (χ0n) is 13.8. The van der Waals surface area contributed by atoms with Crippen molar-refractivity contribution < 1.29 is 9.21 Å². The summed E-state index contributed by atoms with van der Waals surface area (Å²) in [6.45, 7) is 9.90. The third-order valence-electron chi connectivity index (χ3n) is 4.19. The summed E-state index contributed by atoms with van der Waals surface area (Å²) in [5.74, 6) is 0.885. The number of oxazole rings is 1. The Hall–Kier alpha value is -1.73. The molecule has 3 heterocycles. The quantitative estimate of drug-likeness (QED) is 0.862. The van der Waals surface area contributed by atoms with Crippen LogP contribution >= 0.6 is 11.3 Å². The summed E-state index contributed by atoms with van der Waals surface area (Å²) in [6.07, 6.45) is 0.968. The van der Waals surface area contributed by atoms with Crippen LogP contribution in [-0.4, -0.2) is 51.9 Å². The van der Waals surface area contributed by atoms with Crippen LogP contribution < -0.4 is 0 Å². The van der Waals surface area contributed by atoms with E-state index in [1.807, 2.05) is 17.3 Å². The van der Waals surface area contributed by atoms with Gasteiger partial charge in [-0.1, -0.05) is 0 Å². The molecule has 0 unspecified atom stereocenters. The van der Waals surface area contributed by atoms with Crippen LogP contribution in [0.4, 0.5) is 0 Å². The van der Waals surface area contributed by atoms with Crippen molar-refractivity contribution in [2.75, 3.05) is 26.2 Å². The topological polar surface area (TPSA) is 62.5 Å². The molecule has 7 heteroatoms. The number of thiazole rings is 1. The van der Waals surface area contributed by atoms with Gasteiger partial charge in [-0.3, -0.25) is 9.69 Å². The maximum Gasteiger partial charge on any atom is 0.291 e. The molecule has 0 atom stereocenters. The molecule has 0 bridgehead atoms. The predicted molar refractivity (Wildman–Crippen MR) is 88.6 cm³/mol. The first-order valence-electron chi connectivity index (χ1n) is 7.89. The highest BCUT2D eigenvalue weighted by Crippen LogP contribution is 2.18. The normalized spacial score (nSPS) is 16.6. The highest BCUT2D eigenvalue weighted by Gasteiger charge is 2.25. The van der Waals surface area contributed by atoms with E-state index in [-0.39, 0.29) is 5.91 Å². The first kappa shape index (κ1) is 16.1. The molecule has 1 saturated heterocycles. The van der Waals surface area contributed by atoms with Gasteiger partial charge in [0.2, 0.25) is 5.76 Å². The van der Waals surface area contributed by atoms with Gasteiger partial charge in [-0.05, 0) is 20.3 Å². The zero-order valence-corrected chi connectivity index (χ0v) is 14.7. The summed E-state index contributed by atoms with van der Waals surface area (Å²) in [5, 5.41) is 0. The minimum atomic E-state index is -0.0427. The van der Waals surface area contributed by atoms with Crippen molar-refractivity contribution in [3.8, 4) is 0 Å². The fourth-order valence-corrected chi connectivity index (χ4v) is 3.70. The third kappa shape index (κ3) is 3.61. The molecule has 0 N–H and O–H groups in total. The second-order valence-electron chi connectivity index (χ2n) is 5.93. The predicted octanol–water partition coefficient (Wildman–Crippen LogP) is 2.40. The monoisotopic (exact) mass is 334 g/mol. The highest BCUT2D eigenvalue weighted by atomic mass is 32.1. The van der Waals surface area contributed by atoms with Gasteiger partial charge in [-0.2, -0.15) is 0 Å². The highest BCUT2D eigenvalue weighted by molar-refractivity contribution is 7.09. The van der Waals surface area contributed by atoms with Crippen molar-refractivity contribution in [1.29, 1.82) is 0 Å². The van der Waals surface area contributed by atoms with Gasteiger partial charge in [0.05, 0.1) is 16.9 Å². The van der Waals surface area contributed by atoms with Crippen LogP contribution in [0.5, 0.6) is 0 Å². The average molecular weight is 334 g/mol. The number of nitrogens with zero attached hydrogens (tertiary/aromatic N) is 4. The lowest BCUT2D eigenvalue weighted by molar-refractivity contribution is 0.0727. The summed E-state index contributed by atoms with van der Waals surface area (Å²) in [7, 11) is 0. The lowest BCUT2D eigenvalue weighted by Gasteiger charge is -2.21. The van der Waals surface area contributed by atoms with Crippen LogP contribution in [0, 0.1) is 20.8 Å². The van der Waals surface area contributed by atoms with Crippen LogP contribution in [0.25, 0.3) is 0 Å². The fourth-order valence-electron chi connectivity index (χ4n) is 2.89.